The van der Waals surface area contributed by atoms with Gasteiger partial charge in [0.15, 0.2) is 0 Å². The first-order valence-electron chi connectivity index (χ1n) is 5.25. The van der Waals surface area contributed by atoms with Crippen LogP contribution in [0.2, 0.25) is 10.0 Å². The van der Waals surface area contributed by atoms with Gasteiger partial charge in [-0.3, -0.25) is 0 Å². The van der Waals surface area contributed by atoms with Gasteiger partial charge in [0, 0.05) is 23.0 Å². The van der Waals surface area contributed by atoms with Crippen LogP contribution in [-0.4, -0.2) is 17.3 Å². The molecule has 90 valence electrons. The third-order valence-corrected chi connectivity index (χ3v) is 3.53. The third kappa shape index (κ3) is 3.11. The molecule has 0 amide bonds. The molecule has 0 radical (unpaired) electrons. The van der Waals surface area contributed by atoms with Crippen LogP contribution in [0.5, 0.6) is 0 Å². The molecule has 0 aliphatic rings. The molecule has 1 atom stereocenters. The highest BCUT2D eigenvalue weighted by Crippen LogP contribution is 2.27. The highest BCUT2D eigenvalue weighted by atomic mass is 35.5. The molecule has 4 heteroatoms. The number of hydrogen-bond donors (Lipinski definition) is 2. The second kappa shape index (κ2) is 5.37. The van der Waals surface area contributed by atoms with Crippen molar-refractivity contribution in [3.05, 3.63) is 33.8 Å². The summed E-state index contributed by atoms with van der Waals surface area (Å²) < 4.78 is 0. The Bertz CT molecular complexity index is 368. The molecule has 0 fully saturated rings. The monoisotopic (exact) mass is 261 g/mol. The van der Waals surface area contributed by atoms with Crippen LogP contribution in [0.3, 0.4) is 0 Å². The van der Waals surface area contributed by atoms with Gasteiger partial charge < -0.3 is 10.8 Å². The van der Waals surface area contributed by atoms with E-state index in [0.29, 0.717) is 16.5 Å². The normalized spacial score (nSPS) is 15.2. The lowest BCUT2D eigenvalue weighted by Gasteiger charge is -2.31. The van der Waals surface area contributed by atoms with Crippen molar-refractivity contribution in [1.29, 1.82) is 0 Å². The van der Waals surface area contributed by atoms with E-state index in [1.54, 1.807) is 12.1 Å². The van der Waals surface area contributed by atoms with E-state index in [-0.39, 0.29) is 12.5 Å². The topological polar surface area (TPSA) is 46.2 Å². The molecular formula is C12H17Cl2NO. The quantitative estimate of drug-likeness (QED) is 0.876. The van der Waals surface area contributed by atoms with Crippen molar-refractivity contribution in [2.75, 3.05) is 6.54 Å². The van der Waals surface area contributed by atoms with Crippen LogP contribution in [0.4, 0.5) is 0 Å². The summed E-state index contributed by atoms with van der Waals surface area (Å²) in [5.74, 6) is 0.0734. The summed E-state index contributed by atoms with van der Waals surface area (Å²) in [6.07, 6.45) is 0.442. The van der Waals surface area contributed by atoms with Crippen molar-refractivity contribution in [2.24, 2.45) is 11.7 Å². The summed E-state index contributed by atoms with van der Waals surface area (Å²) in [6.45, 7) is 4.09. The Balaban J connectivity index is 2.95. The summed E-state index contributed by atoms with van der Waals surface area (Å²) in [5, 5.41) is 11.5. The molecule has 0 aliphatic heterocycles. The molecule has 0 aliphatic carbocycles. The van der Waals surface area contributed by atoms with Gasteiger partial charge in [-0.15, -0.1) is 0 Å². The molecule has 0 saturated carbocycles. The highest BCUT2D eigenvalue weighted by Gasteiger charge is 2.30. The average molecular weight is 262 g/mol. The van der Waals surface area contributed by atoms with Gasteiger partial charge in [-0.05, 0) is 23.6 Å². The third-order valence-electron chi connectivity index (χ3n) is 2.94. The lowest BCUT2D eigenvalue weighted by Crippen LogP contribution is -2.44. The number of halogens is 2. The fourth-order valence-electron chi connectivity index (χ4n) is 1.51. The summed E-state index contributed by atoms with van der Waals surface area (Å²) in [7, 11) is 0. The van der Waals surface area contributed by atoms with Crippen LogP contribution in [0, 0.1) is 5.92 Å². The molecule has 1 aromatic rings. The average Bonchev–Trinajstić information content (AvgIpc) is 2.22. The maximum absolute atomic E-state index is 10.3. The van der Waals surface area contributed by atoms with Gasteiger partial charge in [0.25, 0.3) is 0 Å². The number of nitrogens with two attached hydrogens (primary N) is 1. The van der Waals surface area contributed by atoms with Crippen molar-refractivity contribution in [2.45, 2.75) is 25.9 Å². The van der Waals surface area contributed by atoms with E-state index in [4.69, 9.17) is 28.9 Å². The zero-order valence-corrected chi connectivity index (χ0v) is 11.0. The molecule has 1 aromatic carbocycles. The van der Waals surface area contributed by atoms with Crippen molar-refractivity contribution in [1.82, 2.24) is 0 Å². The van der Waals surface area contributed by atoms with E-state index in [0.717, 1.165) is 5.56 Å². The van der Waals surface area contributed by atoms with Gasteiger partial charge in [-0.1, -0.05) is 43.1 Å². The molecule has 1 unspecified atom stereocenters. The fraction of sp³-hybridized carbons (Fsp3) is 0.500. The van der Waals surface area contributed by atoms with Gasteiger partial charge in [-0.2, -0.15) is 0 Å². The summed E-state index contributed by atoms with van der Waals surface area (Å²) in [5.41, 5.74) is 5.57. The molecule has 1 rings (SSSR count). The largest absolute Gasteiger partial charge is 0.388 e. The van der Waals surface area contributed by atoms with E-state index in [1.807, 2.05) is 19.9 Å². The van der Waals surface area contributed by atoms with Crippen molar-refractivity contribution in [3.63, 3.8) is 0 Å². The number of hydrogen-bond acceptors (Lipinski definition) is 2. The maximum atomic E-state index is 10.3. The van der Waals surface area contributed by atoms with Gasteiger partial charge in [-0.25, -0.2) is 0 Å². The van der Waals surface area contributed by atoms with Gasteiger partial charge >= 0.3 is 0 Å². The molecule has 0 bridgehead atoms. The van der Waals surface area contributed by atoms with E-state index >= 15 is 0 Å². The van der Waals surface area contributed by atoms with Crippen LogP contribution < -0.4 is 5.73 Å². The van der Waals surface area contributed by atoms with Crippen LogP contribution >= 0.6 is 23.2 Å². The van der Waals surface area contributed by atoms with Crippen LogP contribution in [0.15, 0.2) is 18.2 Å². The summed E-state index contributed by atoms with van der Waals surface area (Å²) >= 11 is 11.9. The maximum Gasteiger partial charge on any atom is 0.0832 e. The Morgan fingerprint density at radius 2 is 2.00 bits per heavy atom. The summed E-state index contributed by atoms with van der Waals surface area (Å²) in [6, 6.07) is 5.27. The first-order valence-corrected chi connectivity index (χ1v) is 6.01. The Morgan fingerprint density at radius 1 is 1.38 bits per heavy atom. The van der Waals surface area contributed by atoms with E-state index in [2.05, 4.69) is 0 Å². The van der Waals surface area contributed by atoms with Crippen LogP contribution in [0.1, 0.15) is 19.4 Å². The molecule has 0 aromatic heterocycles. The van der Waals surface area contributed by atoms with E-state index < -0.39 is 5.60 Å². The highest BCUT2D eigenvalue weighted by molar-refractivity contribution is 6.35. The SMILES string of the molecule is CC(C)C(O)(CN)Cc1ccc(Cl)cc1Cl. The Hall–Kier alpha value is -0.280. The summed E-state index contributed by atoms with van der Waals surface area (Å²) in [4.78, 5) is 0. The standard InChI is InChI=1S/C12H17Cl2NO/c1-8(2)12(16,7-15)6-9-3-4-10(13)5-11(9)14/h3-5,8,16H,6-7,15H2,1-2H3. The lowest BCUT2D eigenvalue weighted by molar-refractivity contribution is 0.00409. The van der Waals surface area contributed by atoms with Gasteiger partial charge in [0.2, 0.25) is 0 Å². The van der Waals surface area contributed by atoms with Gasteiger partial charge in [0.1, 0.15) is 0 Å². The Labute approximate surface area is 106 Å². The molecule has 3 N–H and O–H groups in total. The Morgan fingerprint density at radius 3 is 2.44 bits per heavy atom. The second-order valence-electron chi connectivity index (χ2n) is 4.37. The zero-order chi connectivity index (χ0) is 12.3. The smallest absolute Gasteiger partial charge is 0.0832 e. The minimum Gasteiger partial charge on any atom is -0.388 e. The van der Waals surface area contributed by atoms with Gasteiger partial charge in [0.05, 0.1) is 5.60 Å². The van der Waals surface area contributed by atoms with Crippen molar-refractivity contribution < 1.29 is 5.11 Å². The number of benzene rings is 1. The van der Waals surface area contributed by atoms with E-state index in [1.165, 1.54) is 0 Å². The number of rotatable bonds is 4. The van der Waals surface area contributed by atoms with E-state index in [9.17, 15) is 5.11 Å². The van der Waals surface area contributed by atoms with Crippen molar-refractivity contribution >= 4 is 23.2 Å². The first-order chi connectivity index (χ1) is 7.39. The second-order valence-corrected chi connectivity index (χ2v) is 5.22. The van der Waals surface area contributed by atoms with Crippen molar-refractivity contribution in [3.8, 4) is 0 Å². The predicted molar refractivity (Wildman–Crippen MR) is 69.0 cm³/mol. The molecule has 2 nitrogen and oxygen atoms in total. The first kappa shape index (κ1) is 13.8. The minimum absolute atomic E-state index is 0.0734. The zero-order valence-electron chi connectivity index (χ0n) is 9.50. The molecule has 0 heterocycles. The lowest BCUT2D eigenvalue weighted by atomic mass is 9.84. The molecule has 0 spiro atoms. The Kier molecular flexibility index (Phi) is 4.62. The molecule has 16 heavy (non-hydrogen) atoms. The van der Waals surface area contributed by atoms with Crippen LogP contribution in [-0.2, 0) is 6.42 Å². The number of aliphatic hydroxyl groups is 1. The predicted octanol–water partition coefficient (Wildman–Crippen LogP) is 2.88. The minimum atomic E-state index is -0.919. The molecular weight excluding hydrogens is 245 g/mol. The molecule has 0 saturated heterocycles. The van der Waals surface area contributed by atoms with Crippen LogP contribution in [0.25, 0.3) is 0 Å². The fourth-order valence-corrected chi connectivity index (χ4v) is 1.98.